The normalized spacial score (nSPS) is 33.3. The van der Waals surface area contributed by atoms with Gasteiger partial charge in [0.15, 0.2) is 0 Å². The molecule has 3 heterocycles. The second-order valence-electron chi connectivity index (χ2n) is 6.49. The molecule has 0 aromatic carbocycles. The van der Waals surface area contributed by atoms with Gasteiger partial charge in [-0.05, 0) is 32.2 Å². The summed E-state index contributed by atoms with van der Waals surface area (Å²) in [4.78, 5) is 26.0. The number of hydrogen-bond donors (Lipinski definition) is 3. The highest BCUT2D eigenvalue weighted by Gasteiger charge is 2.49. The van der Waals surface area contributed by atoms with Crippen molar-refractivity contribution in [3.8, 4) is 0 Å². The minimum absolute atomic E-state index is 0.109. The van der Waals surface area contributed by atoms with Crippen LogP contribution in [0, 0.1) is 0 Å². The second-order valence-corrected chi connectivity index (χ2v) is 7.49. The zero-order valence-electron chi connectivity index (χ0n) is 13.4. The molecule has 142 valence electrons. The standard InChI is InChI=1S/C13H21FN4O6S/c14-9-6-15-5-1-2-10(9)16-12(19)11-4-3-8-7-17(11)13(20)18(8)24-25(21,22)23/h8-11,15H,1-7H2,(H,16,19)(H,21,22,23)/t8-,9+,10+,11+/m1/s1. The minimum Gasteiger partial charge on any atom is -0.349 e. The second kappa shape index (κ2) is 7.02. The summed E-state index contributed by atoms with van der Waals surface area (Å²) in [7, 11) is -4.83. The topological polar surface area (TPSA) is 128 Å². The number of piperidine rings is 1. The number of nitrogens with zero attached hydrogens (tertiary/aromatic N) is 2. The van der Waals surface area contributed by atoms with Crippen molar-refractivity contribution in [1.82, 2.24) is 20.6 Å². The van der Waals surface area contributed by atoms with Crippen LogP contribution in [0.25, 0.3) is 0 Å². The van der Waals surface area contributed by atoms with Crippen LogP contribution in [0.3, 0.4) is 0 Å². The number of amides is 3. The lowest BCUT2D eigenvalue weighted by Crippen LogP contribution is -2.54. The van der Waals surface area contributed by atoms with Crippen molar-refractivity contribution in [1.29, 1.82) is 0 Å². The van der Waals surface area contributed by atoms with Gasteiger partial charge in [0.2, 0.25) is 5.91 Å². The maximum Gasteiger partial charge on any atom is 0.418 e. The van der Waals surface area contributed by atoms with E-state index in [0.29, 0.717) is 30.9 Å². The number of carbonyl (C=O) groups excluding carboxylic acids is 2. The molecule has 0 radical (unpaired) electrons. The van der Waals surface area contributed by atoms with E-state index in [1.165, 1.54) is 4.90 Å². The van der Waals surface area contributed by atoms with Crippen LogP contribution in [-0.4, -0.2) is 78.8 Å². The Kier molecular flexibility index (Phi) is 5.14. The van der Waals surface area contributed by atoms with Gasteiger partial charge in [-0.3, -0.25) is 9.35 Å². The summed E-state index contributed by atoms with van der Waals surface area (Å²) in [5, 5.41) is 6.20. The molecule has 0 aromatic rings. The average molecular weight is 380 g/mol. The number of halogens is 1. The molecule has 3 amide bonds. The van der Waals surface area contributed by atoms with Crippen molar-refractivity contribution in [3.05, 3.63) is 0 Å². The van der Waals surface area contributed by atoms with E-state index in [9.17, 15) is 22.4 Å². The van der Waals surface area contributed by atoms with Crippen molar-refractivity contribution in [2.24, 2.45) is 0 Å². The van der Waals surface area contributed by atoms with Gasteiger partial charge in [0, 0.05) is 13.1 Å². The predicted molar refractivity (Wildman–Crippen MR) is 82.3 cm³/mol. The van der Waals surface area contributed by atoms with Crippen molar-refractivity contribution in [2.45, 2.75) is 50.0 Å². The molecule has 3 N–H and O–H groups in total. The number of urea groups is 1. The Hall–Kier alpha value is -1.50. The van der Waals surface area contributed by atoms with Gasteiger partial charge in [0.05, 0.1) is 12.1 Å². The Bertz CT molecular complexity index is 646. The third kappa shape index (κ3) is 4.02. The number of hydroxylamine groups is 2. The fraction of sp³-hybridized carbons (Fsp3) is 0.846. The van der Waals surface area contributed by atoms with E-state index >= 15 is 0 Å². The van der Waals surface area contributed by atoms with Gasteiger partial charge < -0.3 is 15.5 Å². The molecular weight excluding hydrogens is 359 g/mol. The molecule has 2 bridgehead atoms. The fourth-order valence-corrected chi connectivity index (χ4v) is 3.94. The monoisotopic (exact) mass is 380 g/mol. The third-order valence-corrected chi connectivity index (χ3v) is 5.12. The maximum atomic E-state index is 14.1. The van der Waals surface area contributed by atoms with Crippen molar-refractivity contribution in [2.75, 3.05) is 19.6 Å². The molecular formula is C13H21FN4O6S. The number of alkyl halides is 1. The Labute approximate surface area is 144 Å². The largest absolute Gasteiger partial charge is 0.418 e. The summed E-state index contributed by atoms with van der Waals surface area (Å²) in [6.45, 7) is 0.957. The van der Waals surface area contributed by atoms with E-state index in [-0.39, 0.29) is 13.1 Å². The highest BCUT2D eigenvalue weighted by Crippen LogP contribution is 2.31. The first kappa shape index (κ1) is 18.3. The molecule has 0 saturated carbocycles. The lowest BCUT2D eigenvalue weighted by Gasteiger charge is -2.31. The zero-order chi connectivity index (χ0) is 18.2. The van der Waals surface area contributed by atoms with E-state index in [1.54, 1.807) is 0 Å². The van der Waals surface area contributed by atoms with Gasteiger partial charge in [-0.1, -0.05) is 0 Å². The van der Waals surface area contributed by atoms with Gasteiger partial charge in [0.25, 0.3) is 0 Å². The van der Waals surface area contributed by atoms with Crippen LogP contribution in [0.1, 0.15) is 25.7 Å². The van der Waals surface area contributed by atoms with E-state index in [1.807, 2.05) is 0 Å². The first-order chi connectivity index (χ1) is 11.8. The molecule has 3 saturated heterocycles. The molecule has 0 unspecified atom stereocenters. The zero-order valence-corrected chi connectivity index (χ0v) is 14.2. The van der Waals surface area contributed by atoms with Crippen molar-refractivity contribution >= 4 is 22.3 Å². The quantitative estimate of drug-likeness (QED) is 0.545. The first-order valence-electron chi connectivity index (χ1n) is 8.18. The molecule has 25 heavy (non-hydrogen) atoms. The summed E-state index contributed by atoms with van der Waals surface area (Å²) in [6.07, 6.45) is 0.658. The Morgan fingerprint density at radius 2 is 2.12 bits per heavy atom. The van der Waals surface area contributed by atoms with Crippen LogP contribution in [0.5, 0.6) is 0 Å². The number of fused-ring (bicyclic) bond motifs is 2. The maximum absolute atomic E-state index is 14.1. The van der Waals surface area contributed by atoms with Crippen LogP contribution in [0.2, 0.25) is 0 Å². The molecule has 0 aromatic heterocycles. The lowest BCUT2D eigenvalue weighted by atomic mass is 9.99. The van der Waals surface area contributed by atoms with Crippen molar-refractivity contribution < 1.29 is 31.2 Å². The van der Waals surface area contributed by atoms with Gasteiger partial charge in [0.1, 0.15) is 12.2 Å². The van der Waals surface area contributed by atoms with E-state index in [0.717, 1.165) is 6.42 Å². The van der Waals surface area contributed by atoms with E-state index in [4.69, 9.17) is 4.55 Å². The summed E-state index contributed by atoms with van der Waals surface area (Å²) in [6, 6.07) is -2.81. The number of carbonyl (C=O) groups is 2. The molecule has 3 aliphatic heterocycles. The van der Waals surface area contributed by atoms with Gasteiger partial charge >= 0.3 is 16.4 Å². The summed E-state index contributed by atoms with van der Waals surface area (Å²) in [5.74, 6) is -0.463. The van der Waals surface area contributed by atoms with E-state index < -0.39 is 46.6 Å². The van der Waals surface area contributed by atoms with Crippen LogP contribution in [-0.2, 0) is 19.5 Å². The summed E-state index contributed by atoms with van der Waals surface area (Å²) in [5.41, 5.74) is 0. The highest BCUT2D eigenvalue weighted by molar-refractivity contribution is 7.80. The molecule has 0 aliphatic carbocycles. The molecule has 4 atom stereocenters. The highest BCUT2D eigenvalue weighted by atomic mass is 32.3. The van der Waals surface area contributed by atoms with Gasteiger partial charge in [-0.25, -0.2) is 9.18 Å². The molecule has 3 rings (SSSR count). The van der Waals surface area contributed by atoms with Gasteiger partial charge in [-0.2, -0.15) is 13.5 Å². The van der Waals surface area contributed by atoms with Crippen LogP contribution in [0.15, 0.2) is 0 Å². The van der Waals surface area contributed by atoms with E-state index in [2.05, 4.69) is 14.9 Å². The SMILES string of the molecule is O=C(N[C@H]1CCCNC[C@@H]1F)[C@@H]1CC[C@@H]2CN1C(=O)N2OS(=O)(=O)O. The van der Waals surface area contributed by atoms with Crippen LogP contribution in [0.4, 0.5) is 9.18 Å². The number of hydrogen-bond acceptors (Lipinski definition) is 6. The Morgan fingerprint density at radius 1 is 1.36 bits per heavy atom. The van der Waals surface area contributed by atoms with Crippen molar-refractivity contribution in [3.63, 3.8) is 0 Å². The number of rotatable bonds is 4. The average Bonchev–Trinajstić information content (AvgIpc) is 2.68. The molecule has 10 nitrogen and oxygen atoms in total. The van der Waals surface area contributed by atoms with Crippen LogP contribution >= 0.6 is 0 Å². The Morgan fingerprint density at radius 3 is 2.84 bits per heavy atom. The summed E-state index contributed by atoms with van der Waals surface area (Å²) < 4.78 is 48.9. The number of nitrogens with one attached hydrogen (secondary N) is 2. The Balaban J connectivity index is 1.66. The molecule has 3 aliphatic rings. The molecule has 0 spiro atoms. The predicted octanol–water partition coefficient (Wildman–Crippen LogP) is -0.804. The molecule has 12 heteroatoms. The molecule has 3 fully saturated rings. The minimum atomic E-state index is -4.83. The summed E-state index contributed by atoms with van der Waals surface area (Å²) >= 11 is 0. The third-order valence-electron chi connectivity index (χ3n) is 4.77. The first-order valence-corrected chi connectivity index (χ1v) is 9.55. The van der Waals surface area contributed by atoms with Crippen LogP contribution < -0.4 is 10.6 Å². The lowest BCUT2D eigenvalue weighted by molar-refractivity contribution is -0.127. The smallest absolute Gasteiger partial charge is 0.349 e. The fourth-order valence-electron chi connectivity index (χ4n) is 3.56. The van der Waals surface area contributed by atoms with Gasteiger partial charge in [-0.15, -0.1) is 4.28 Å².